The van der Waals surface area contributed by atoms with Gasteiger partial charge in [-0.1, -0.05) is 66.7 Å². The van der Waals surface area contributed by atoms with Crippen molar-refractivity contribution in [2.75, 3.05) is 12.3 Å². The number of amides is 1. The number of rotatable bonds is 7. The molecule has 0 unspecified atom stereocenters. The zero-order valence-corrected chi connectivity index (χ0v) is 16.7. The topological polar surface area (TPSA) is 68.0 Å². The van der Waals surface area contributed by atoms with Crippen LogP contribution in [0.2, 0.25) is 0 Å². The van der Waals surface area contributed by atoms with Gasteiger partial charge in [0.15, 0.2) is 0 Å². The number of carbonyl (C=O) groups is 1. The van der Waals surface area contributed by atoms with Crippen molar-refractivity contribution in [1.82, 2.24) is 15.5 Å². The first-order chi connectivity index (χ1) is 13.7. The van der Waals surface area contributed by atoms with Gasteiger partial charge in [-0.2, -0.15) is 0 Å². The number of thioether (sulfide) groups is 1. The third kappa shape index (κ3) is 3.97. The summed E-state index contributed by atoms with van der Waals surface area (Å²) in [4.78, 5) is 12.3. The Bertz CT molecular complexity index is 951. The molecule has 4 rings (SSSR count). The maximum Gasteiger partial charge on any atom is 0.277 e. The summed E-state index contributed by atoms with van der Waals surface area (Å²) in [6.07, 6.45) is 3.45. The molecule has 144 valence electrons. The fourth-order valence-electron chi connectivity index (χ4n) is 3.60. The van der Waals surface area contributed by atoms with E-state index in [1.807, 2.05) is 37.3 Å². The highest BCUT2D eigenvalue weighted by Gasteiger charge is 2.38. The van der Waals surface area contributed by atoms with Gasteiger partial charge >= 0.3 is 0 Å². The highest BCUT2D eigenvalue weighted by molar-refractivity contribution is 7.99. The molecule has 1 saturated carbocycles. The van der Waals surface area contributed by atoms with Gasteiger partial charge in [-0.05, 0) is 37.0 Å². The Kier molecular flexibility index (Phi) is 5.48. The van der Waals surface area contributed by atoms with Crippen LogP contribution in [0.4, 0.5) is 0 Å². The maximum absolute atomic E-state index is 12.3. The van der Waals surface area contributed by atoms with E-state index < -0.39 is 0 Å². The van der Waals surface area contributed by atoms with Crippen molar-refractivity contribution in [3.8, 4) is 11.5 Å². The van der Waals surface area contributed by atoms with E-state index in [1.54, 1.807) is 0 Å². The first-order valence-electron chi connectivity index (χ1n) is 9.51. The maximum atomic E-state index is 12.3. The second kappa shape index (κ2) is 8.19. The fourth-order valence-corrected chi connectivity index (χ4v) is 4.19. The summed E-state index contributed by atoms with van der Waals surface area (Å²) < 4.78 is 5.71. The lowest BCUT2D eigenvalue weighted by atomic mass is 9.64. The van der Waals surface area contributed by atoms with Gasteiger partial charge in [0, 0.05) is 17.5 Å². The van der Waals surface area contributed by atoms with Gasteiger partial charge in [0.05, 0.1) is 5.75 Å². The van der Waals surface area contributed by atoms with Gasteiger partial charge in [0.2, 0.25) is 11.8 Å². The first kappa shape index (κ1) is 18.7. The third-order valence-corrected chi connectivity index (χ3v) is 6.25. The number of nitrogens with one attached hydrogen (secondary N) is 1. The van der Waals surface area contributed by atoms with Crippen LogP contribution in [-0.2, 0) is 10.2 Å². The van der Waals surface area contributed by atoms with E-state index in [0.717, 1.165) is 24.0 Å². The first-order valence-corrected chi connectivity index (χ1v) is 10.5. The standard InChI is InChI=1S/C22H23N3O2S/c1-16-8-5-6-11-18(16)20-24-25-21(27-20)28-14-19(26)23-15-22(12-7-13-22)17-9-3-2-4-10-17/h2-6,8-11H,7,12-15H2,1H3,(H,23,26). The van der Waals surface area contributed by atoms with Crippen molar-refractivity contribution in [2.45, 2.75) is 36.8 Å². The lowest BCUT2D eigenvalue weighted by Gasteiger charge is -2.42. The Balaban J connectivity index is 1.31. The van der Waals surface area contributed by atoms with Crippen LogP contribution in [0.25, 0.3) is 11.5 Å². The summed E-state index contributed by atoms with van der Waals surface area (Å²) in [5, 5.41) is 11.7. The summed E-state index contributed by atoms with van der Waals surface area (Å²) in [6.45, 7) is 2.68. The van der Waals surface area contributed by atoms with E-state index in [9.17, 15) is 4.79 Å². The van der Waals surface area contributed by atoms with Crippen LogP contribution in [0.15, 0.2) is 64.2 Å². The van der Waals surface area contributed by atoms with Crippen LogP contribution in [0.3, 0.4) is 0 Å². The summed E-state index contributed by atoms with van der Waals surface area (Å²) in [6, 6.07) is 18.3. The SMILES string of the molecule is Cc1ccccc1-c1nnc(SCC(=O)NCC2(c3ccccc3)CCC2)o1. The van der Waals surface area contributed by atoms with E-state index in [-0.39, 0.29) is 17.1 Å². The molecule has 2 aromatic carbocycles. The van der Waals surface area contributed by atoms with Crippen LogP contribution >= 0.6 is 11.8 Å². The fraction of sp³-hybridized carbons (Fsp3) is 0.318. The minimum absolute atomic E-state index is 0.0113. The highest BCUT2D eigenvalue weighted by atomic mass is 32.2. The molecule has 3 aromatic rings. The zero-order valence-electron chi connectivity index (χ0n) is 15.9. The molecule has 0 bridgehead atoms. The summed E-state index contributed by atoms with van der Waals surface area (Å²) in [5.41, 5.74) is 3.39. The van der Waals surface area contributed by atoms with Crippen molar-refractivity contribution in [1.29, 1.82) is 0 Å². The largest absolute Gasteiger partial charge is 0.411 e. The molecule has 1 N–H and O–H groups in total. The average molecular weight is 394 g/mol. The van der Waals surface area contributed by atoms with Gasteiger partial charge in [0.1, 0.15) is 0 Å². The van der Waals surface area contributed by atoms with Crippen molar-refractivity contribution in [2.24, 2.45) is 0 Å². The minimum atomic E-state index is -0.0113. The predicted molar refractivity (Wildman–Crippen MR) is 110 cm³/mol. The Hall–Kier alpha value is -2.60. The molecule has 0 atom stereocenters. The molecule has 6 heteroatoms. The van der Waals surface area contributed by atoms with Gasteiger partial charge in [-0.3, -0.25) is 4.79 Å². The Morgan fingerprint density at radius 2 is 1.86 bits per heavy atom. The van der Waals surface area contributed by atoms with Crippen molar-refractivity contribution in [3.63, 3.8) is 0 Å². The Morgan fingerprint density at radius 3 is 2.57 bits per heavy atom. The lowest BCUT2D eigenvalue weighted by molar-refractivity contribution is -0.119. The number of benzene rings is 2. The molecule has 1 aliphatic rings. The Labute approximate surface area is 168 Å². The van der Waals surface area contributed by atoms with E-state index in [4.69, 9.17) is 4.42 Å². The predicted octanol–water partition coefficient (Wildman–Crippen LogP) is 4.38. The van der Waals surface area contributed by atoms with Crippen molar-refractivity contribution < 1.29 is 9.21 Å². The smallest absolute Gasteiger partial charge is 0.277 e. The molecule has 0 aliphatic heterocycles. The average Bonchev–Trinajstić information content (AvgIpc) is 3.15. The minimum Gasteiger partial charge on any atom is -0.411 e. The number of hydrogen-bond donors (Lipinski definition) is 1. The lowest BCUT2D eigenvalue weighted by Crippen LogP contribution is -2.46. The Morgan fingerprint density at radius 1 is 1.11 bits per heavy atom. The van der Waals surface area contributed by atoms with Crippen molar-refractivity contribution >= 4 is 17.7 Å². The monoisotopic (exact) mass is 393 g/mol. The molecule has 1 aliphatic carbocycles. The van der Waals surface area contributed by atoms with E-state index in [1.165, 1.54) is 23.7 Å². The molecule has 1 fully saturated rings. The molecular weight excluding hydrogens is 370 g/mol. The quantitative estimate of drug-likeness (QED) is 0.604. The summed E-state index contributed by atoms with van der Waals surface area (Å²) >= 11 is 1.27. The molecule has 0 spiro atoms. The van der Waals surface area contributed by atoms with E-state index in [2.05, 4.69) is 39.8 Å². The van der Waals surface area contributed by atoms with Crippen LogP contribution in [0, 0.1) is 6.92 Å². The number of aryl methyl sites for hydroxylation is 1. The van der Waals surface area contributed by atoms with Crippen LogP contribution in [0.5, 0.6) is 0 Å². The molecule has 1 heterocycles. The second-order valence-corrected chi connectivity index (χ2v) is 8.18. The number of nitrogens with zero attached hydrogens (tertiary/aromatic N) is 2. The van der Waals surface area contributed by atoms with Gasteiger partial charge in [0.25, 0.3) is 5.22 Å². The van der Waals surface area contributed by atoms with Crippen molar-refractivity contribution in [3.05, 3.63) is 65.7 Å². The number of hydrogen-bond acceptors (Lipinski definition) is 5. The molecule has 5 nitrogen and oxygen atoms in total. The molecular formula is C22H23N3O2S. The molecule has 1 aromatic heterocycles. The summed E-state index contributed by atoms with van der Waals surface area (Å²) in [7, 11) is 0. The van der Waals surface area contributed by atoms with Crippen LogP contribution in [0.1, 0.15) is 30.4 Å². The van der Waals surface area contributed by atoms with Crippen LogP contribution in [-0.4, -0.2) is 28.4 Å². The molecule has 0 saturated heterocycles. The van der Waals surface area contributed by atoms with E-state index >= 15 is 0 Å². The second-order valence-electron chi connectivity index (χ2n) is 7.25. The van der Waals surface area contributed by atoms with Gasteiger partial charge in [-0.25, -0.2) is 0 Å². The molecule has 28 heavy (non-hydrogen) atoms. The number of carbonyl (C=O) groups excluding carboxylic acids is 1. The third-order valence-electron chi connectivity index (χ3n) is 5.43. The molecule has 0 radical (unpaired) electrons. The summed E-state index contributed by atoms with van der Waals surface area (Å²) in [5.74, 6) is 0.738. The van der Waals surface area contributed by atoms with Crippen LogP contribution < -0.4 is 5.32 Å². The molecule has 1 amide bonds. The van der Waals surface area contributed by atoms with E-state index in [0.29, 0.717) is 17.7 Å². The normalized spacial score (nSPS) is 15.0. The van der Waals surface area contributed by atoms with Gasteiger partial charge in [-0.15, -0.1) is 10.2 Å². The highest BCUT2D eigenvalue weighted by Crippen LogP contribution is 2.43. The zero-order chi connectivity index (χ0) is 19.4. The van der Waals surface area contributed by atoms with Gasteiger partial charge < -0.3 is 9.73 Å². The number of aromatic nitrogens is 2.